The maximum Gasteiger partial charge on any atom is 0.354 e. The SMILES string of the molecule is CCC(CC)NC(=O)COC(=O)[C@@]12CCC(=O)N1c1ccccc1C(=O)N2CC. The third kappa shape index (κ3) is 3.36. The maximum absolute atomic E-state index is 13.2. The number of hydrogen-bond acceptors (Lipinski definition) is 5. The van der Waals surface area contributed by atoms with Crippen LogP contribution in [0.4, 0.5) is 5.69 Å². The Kier molecular flexibility index (Phi) is 5.91. The summed E-state index contributed by atoms with van der Waals surface area (Å²) in [5.41, 5.74) is -0.769. The van der Waals surface area contributed by atoms with Crippen molar-refractivity contribution in [3.8, 4) is 0 Å². The van der Waals surface area contributed by atoms with Crippen molar-refractivity contribution in [1.82, 2.24) is 10.2 Å². The fourth-order valence-corrected chi connectivity index (χ4v) is 4.18. The van der Waals surface area contributed by atoms with Crippen molar-refractivity contribution in [3.05, 3.63) is 29.8 Å². The highest BCUT2D eigenvalue weighted by atomic mass is 16.5. The summed E-state index contributed by atoms with van der Waals surface area (Å²) in [6, 6.07) is 6.76. The number of likely N-dealkylation sites (N-methyl/N-ethyl adjacent to an activating group) is 1. The Morgan fingerprint density at radius 3 is 2.52 bits per heavy atom. The summed E-state index contributed by atoms with van der Waals surface area (Å²) in [5, 5.41) is 2.81. The minimum absolute atomic E-state index is 0.0131. The normalized spacial score (nSPS) is 20.6. The number of esters is 1. The third-order valence-corrected chi connectivity index (χ3v) is 5.70. The van der Waals surface area contributed by atoms with Gasteiger partial charge in [-0.15, -0.1) is 0 Å². The van der Waals surface area contributed by atoms with Crippen LogP contribution in [-0.4, -0.2) is 53.4 Å². The van der Waals surface area contributed by atoms with Crippen LogP contribution in [0, 0.1) is 0 Å². The van der Waals surface area contributed by atoms with Crippen LogP contribution in [0.15, 0.2) is 24.3 Å². The summed E-state index contributed by atoms with van der Waals surface area (Å²) in [4.78, 5) is 53.9. The van der Waals surface area contributed by atoms with Crippen LogP contribution in [-0.2, 0) is 19.1 Å². The van der Waals surface area contributed by atoms with E-state index in [1.807, 2.05) is 13.8 Å². The molecule has 29 heavy (non-hydrogen) atoms. The highest BCUT2D eigenvalue weighted by Gasteiger charge is 2.61. The van der Waals surface area contributed by atoms with Gasteiger partial charge in [-0.2, -0.15) is 0 Å². The van der Waals surface area contributed by atoms with E-state index in [9.17, 15) is 19.2 Å². The van der Waals surface area contributed by atoms with Gasteiger partial charge in [0.25, 0.3) is 11.8 Å². The quantitative estimate of drug-likeness (QED) is 0.704. The molecule has 0 aliphatic carbocycles. The molecule has 0 spiro atoms. The standard InChI is InChI=1S/C21H27N3O5/c1-4-14(5-2)22-17(25)13-29-20(28)21-12-11-18(26)24(21)16-10-8-7-9-15(16)19(27)23(21)6-3/h7-10,14H,4-6,11-13H2,1-3H3,(H,22,25)/t21-/m1/s1. The van der Waals surface area contributed by atoms with Crippen LogP contribution in [0.25, 0.3) is 0 Å². The van der Waals surface area contributed by atoms with Gasteiger partial charge in [-0.1, -0.05) is 26.0 Å². The number of benzene rings is 1. The molecule has 156 valence electrons. The van der Waals surface area contributed by atoms with Gasteiger partial charge in [0.2, 0.25) is 11.6 Å². The average Bonchev–Trinajstić information content (AvgIpc) is 3.09. The van der Waals surface area contributed by atoms with Crippen molar-refractivity contribution in [2.45, 2.75) is 58.2 Å². The molecule has 3 rings (SSSR count). The Morgan fingerprint density at radius 1 is 1.17 bits per heavy atom. The lowest BCUT2D eigenvalue weighted by Crippen LogP contribution is -2.68. The number of nitrogens with zero attached hydrogens (tertiary/aromatic N) is 2. The van der Waals surface area contributed by atoms with Crippen molar-refractivity contribution in [3.63, 3.8) is 0 Å². The molecule has 0 unspecified atom stereocenters. The fraction of sp³-hybridized carbons (Fsp3) is 0.524. The molecule has 8 nitrogen and oxygen atoms in total. The third-order valence-electron chi connectivity index (χ3n) is 5.70. The number of para-hydroxylation sites is 1. The van der Waals surface area contributed by atoms with Crippen molar-refractivity contribution in [2.75, 3.05) is 18.1 Å². The van der Waals surface area contributed by atoms with E-state index >= 15 is 0 Å². The molecule has 0 radical (unpaired) electrons. The van der Waals surface area contributed by atoms with Gasteiger partial charge in [0.05, 0.1) is 11.3 Å². The molecule has 2 heterocycles. The van der Waals surface area contributed by atoms with Crippen molar-refractivity contribution in [1.29, 1.82) is 0 Å². The average molecular weight is 401 g/mol. The van der Waals surface area contributed by atoms with Crippen molar-refractivity contribution < 1.29 is 23.9 Å². The predicted molar refractivity (Wildman–Crippen MR) is 106 cm³/mol. The first-order chi connectivity index (χ1) is 13.9. The lowest BCUT2D eigenvalue weighted by molar-refractivity contribution is -0.160. The molecule has 0 saturated carbocycles. The lowest BCUT2D eigenvalue weighted by atomic mass is 9.96. The predicted octanol–water partition coefficient (Wildman–Crippen LogP) is 1.83. The minimum Gasteiger partial charge on any atom is -0.452 e. The highest BCUT2D eigenvalue weighted by Crippen LogP contribution is 2.44. The molecule has 1 fully saturated rings. The van der Waals surface area contributed by atoms with E-state index < -0.39 is 24.1 Å². The second-order valence-corrected chi connectivity index (χ2v) is 7.27. The summed E-state index contributed by atoms with van der Waals surface area (Å²) in [5.74, 6) is -1.73. The molecular formula is C21H27N3O5. The molecule has 0 aromatic heterocycles. The largest absolute Gasteiger partial charge is 0.452 e. The summed E-state index contributed by atoms with van der Waals surface area (Å²) >= 11 is 0. The van der Waals surface area contributed by atoms with Crippen molar-refractivity contribution in [2.24, 2.45) is 0 Å². The monoisotopic (exact) mass is 401 g/mol. The van der Waals surface area contributed by atoms with E-state index in [4.69, 9.17) is 4.74 Å². The molecule has 1 aromatic rings. The van der Waals surface area contributed by atoms with E-state index in [0.717, 1.165) is 12.8 Å². The topological polar surface area (TPSA) is 96.0 Å². The highest BCUT2D eigenvalue weighted by molar-refractivity contribution is 6.15. The lowest BCUT2D eigenvalue weighted by Gasteiger charge is -2.47. The molecule has 2 aliphatic heterocycles. The molecule has 1 atom stereocenters. The van der Waals surface area contributed by atoms with E-state index in [-0.39, 0.29) is 37.2 Å². The van der Waals surface area contributed by atoms with Crippen LogP contribution in [0.3, 0.4) is 0 Å². The molecule has 8 heteroatoms. The summed E-state index contributed by atoms with van der Waals surface area (Å²) in [6.07, 6.45) is 1.80. The zero-order valence-electron chi connectivity index (χ0n) is 17.1. The first kappa shape index (κ1) is 20.8. The van der Waals surface area contributed by atoms with Gasteiger partial charge in [-0.25, -0.2) is 4.79 Å². The second kappa shape index (κ2) is 8.23. The van der Waals surface area contributed by atoms with Crippen LogP contribution in [0.5, 0.6) is 0 Å². The van der Waals surface area contributed by atoms with Crippen LogP contribution in [0.2, 0.25) is 0 Å². The van der Waals surface area contributed by atoms with E-state index in [1.54, 1.807) is 31.2 Å². The smallest absolute Gasteiger partial charge is 0.354 e. The van der Waals surface area contributed by atoms with Gasteiger partial charge in [-0.3, -0.25) is 19.3 Å². The zero-order chi connectivity index (χ0) is 21.2. The molecule has 2 aliphatic rings. The molecular weight excluding hydrogens is 374 g/mol. The number of ether oxygens (including phenoxy) is 1. The van der Waals surface area contributed by atoms with Gasteiger partial charge in [0.1, 0.15) is 0 Å². The molecule has 1 aromatic carbocycles. The molecule has 1 N–H and O–H groups in total. The Labute approximate surface area is 170 Å². The Morgan fingerprint density at radius 2 is 1.86 bits per heavy atom. The number of carbonyl (C=O) groups excluding carboxylic acids is 4. The zero-order valence-corrected chi connectivity index (χ0v) is 17.1. The number of rotatable bonds is 7. The maximum atomic E-state index is 13.2. The van der Waals surface area contributed by atoms with Crippen molar-refractivity contribution >= 4 is 29.4 Å². The van der Waals surface area contributed by atoms with Gasteiger partial charge < -0.3 is 15.0 Å². The second-order valence-electron chi connectivity index (χ2n) is 7.27. The number of amides is 3. The van der Waals surface area contributed by atoms with E-state index in [0.29, 0.717) is 11.3 Å². The Bertz CT molecular complexity index is 835. The van der Waals surface area contributed by atoms with Gasteiger partial charge in [-0.05, 0) is 31.9 Å². The molecule has 1 saturated heterocycles. The summed E-state index contributed by atoms with van der Waals surface area (Å²) in [7, 11) is 0. The summed E-state index contributed by atoms with van der Waals surface area (Å²) in [6.45, 7) is 5.46. The van der Waals surface area contributed by atoms with Gasteiger partial charge in [0.15, 0.2) is 6.61 Å². The molecule has 0 bridgehead atoms. The fourth-order valence-electron chi connectivity index (χ4n) is 4.18. The van der Waals surface area contributed by atoms with Crippen LogP contribution in [0.1, 0.15) is 56.8 Å². The number of anilines is 1. The van der Waals surface area contributed by atoms with Crippen LogP contribution >= 0.6 is 0 Å². The van der Waals surface area contributed by atoms with Gasteiger partial charge in [0, 0.05) is 25.4 Å². The van der Waals surface area contributed by atoms with Crippen LogP contribution < -0.4 is 10.2 Å². The number of hydrogen-bond donors (Lipinski definition) is 1. The number of fused-ring (bicyclic) bond motifs is 3. The van der Waals surface area contributed by atoms with E-state index in [1.165, 1.54) is 9.80 Å². The van der Waals surface area contributed by atoms with E-state index in [2.05, 4.69) is 5.32 Å². The first-order valence-electron chi connectivity index (χ1n) is 10.1. The minimum atomic E-state index is -1.55. The Hall–Kier alpha value is -2.90. The first-order valence-corrected chi connectivity index (χ1v) is 10.1. The van der Waals surface area contributed by atoms with Gasteiger partial charge >= 0.3 is 5.97 Å². The molecule has 3 amide bonds. The summed E-state index contributed by atoms with van der Waals surface area (Å²) < 4.78 is 5.34. The Balaban J connectivity index is 1.89. The number of carbonyl (C=O) groups is 4. The number of nitrogens with one attached hydrogen (secondary N) is 1.